The molecular formula is C16H14ClNOS. The smallest absolute Gasteiger partial charge is 0.0827 e. The number of benzene rings is 2. The van der Waals surface area contributed by atoms with Crippen LogP contribution >= 0.6 is 11.6 Å². The molecule has 0 saturated carbocycles. The minimum absolute atomic E-state index is 0.329. The molecule has 2 unspecified atom stereocenters. The molecule has 0 fully saturated rings. The highest BCUT2D eigenvalue weighted by Gasteiger charge is 2.14. The van der Waals surface area contributed by atoms with Gasteiger partial charge in [0, 0.05) is 27.3 Å². The lowest BCUT2D eigenvalue weighted by molar-refractivity contribution is 0.680. The van der Waals surface area contributed by atoms with Gasteiger partial charge in [0.25, 0.3) is 0 Å². The second kappa shape index (κ2) is 7.23. The molecule has 0 bridgehead atoms. The van der Waals surface area contributed by atoms with Crippen LogP contribution in [0.25, 0.3) is 0 Å². The van der Waals surface area contributed by atoms with Crippen LogP contribution in [0.15, 0.2) is 54.6 Å². The quantitative estimate of drug-likeness (QED) is 0.840. The standard InChI is InChI=1S/C16H14ClNOS/c17-16-8-6-13(7-9-16)11-20(19)12-15(10-18)14-4-2-1-3-5-14/h1-9,15H,11-12H2. The normalized spacial score (nSPS) is 13.4. The first-order valence-corrected chi connectivity index (χ1v) is 8.09. The number of hydrogen-bond donors (Lipinski definition) is 0. The lowest BCUT2D eigenvalue weighted by Gasteiger charge is -2.09. The molecular weight excluding hydrogens is 290 g/mol. The molecule has 2 atom stereocenters. The van der Waals surface area contributed by atoms with Gasteiger partial charge in [0.1, 0.15) is 0 Å². The molecule has 102 valence electrons. The zero-order valence-corrected chi connectivity index (χ0v) is 12.4. The summed E-state index contributed by atoms with van der Waals surface area (Å²) in [6.07, 6.45) is 0. The Bertz CT molecular complexity index is 619. The maximum absolute atomic E-state index is 12.2. The van der Waals surface area contributed by atoms with Crippen LogP contribution in [-0.4, -0.2) is 9.96 Å². The molecule has 0 radical (unpaired) electrons. The van der Waals surface area contributed by atoms with Crippen LogP contribution in [0.5, 0.6) is 0 Å². The molecule has 2 nitrogen and oxygen atoms in total. The van der Waals surface area contributed by atoms with Crippen molar-refractivity contribution >= 4 is 22.4 Å². The molecule has 2 aromatic carbocycles. The molecule has 0 aliphatic heterocycles. The van der Waals surface area contributed by atoms with Gasteiger partial charge >= 0.3 is 0 Å². The SMILES string of the molecule is N#CC(CS(=O)Cc1ccc(Cl)cc1)c1ccccc1. The Hall–Kier alpha value is -1.63. The second-order valence-electron chi connectivity index (χ2n) is 4.47. The molecule has 0 heterocycles. The Kier molecular flexibility index (Phi) is 5.34. The number of halogens is 1. The van der Waals surface area contributed by atoms with E-state index < -0.39 is 10.8 Å². The van der Waals surface area contributed by atoms with Gasteiger partial charge in [-0.2, -0.15) is 5.26 Å². The van der Waals surface area contributed by atoms with Crippen molar-refractivity contribution in [2.45, 2.75) is 11.7 Å². The highest BCUT2D eigenvalue weighted by atomic mass is 35.5. The minimum atomic E-state index is -1.07. The van der Waals surface area contributed by atoms with E-state index in [-0.39, 0.29) is 5.92 Å². The summed E-state index contributed by atoms with van der Waals surface area (Å²) in [7, 11) is -1.07. The molecule has 0 aliphatic rings. The highest BCUT2D eigenvalue weighted by molar-refractivity contribution is 7.84. The van der Waals surface area contributed by atoms with Crippen molar-refractivity contribution < 1.29 is 4.21 Å². The summed E-state index contributed by atoms with van der Waals surface area (Å²) >= 11 is 5.82. The topological polar surface area (TPSA) is 40.9 Å². The molecule has 2 aromatic rings. The Balaban J connectivity index is 2.00. The van der Waals surface area contributed by atoms with Crippen LogP contribution in [0.2, 0.25) is 5.02 Å². The van der Waals surface area contributed by atoms with Crippen molar-refractivity contribution in [3.8, 4) is 6.07 Å². The van der Waals surface area contributed by atoms with Crippen molar-refractivity contribution in [2.24, 2.45) is 0 Å². The van der Waals surface area contributed by atoms with E-state index in [1.165, 1.54) is 0 Å². The van der Waals surface area contributed by atoms with Gasteiger partial charge in [-0.15, -0.1) is 0 Å². The highest BCUT2D eigenvalue weighted by Crippen LogP contribution is 2.18. The van der Waals surface area contributed by atoms with E-state index in [2.05, 4.69) is 6.07 Å². The number of nitriles is 1. The predicted octanol–water partition coefficient (Wildman–Crippen LogP) is 3.90. The predicted molar refractivity (Wildman–Crippen MR) is 83.0 cm³/mol. The Morgan fingerprint density at radius 1 is 1.10 bits per heavy atom. The van der Waals surface area contributed by atoms with Crippen LogP contribution in [-0.2, 0) is 16.6 Å². The van der Waals surface area contributed by atoms with Gasteiger partial charge in [0.05, 0.1) is 12.0 Å². The van der Waals surface area contributed by atoms with E-state index in [1.54, 1.807) is 12.1 Å². The van der Waals surface area contributed by atoms with Crippen LogP contribution in [0, 0.1) is 11.3 Å². The molecule has 2 rings (SSSR count). The first kappa shape index (κ1) is 14.8. The third kappa shape index (κ3) is 4.19. The van der Waals surface area contributed by atoms with Gasteiger partial charge in [-0.1, -0.05) is 54.1 Å². The van der Waals surface area contributed by atoms with Crippen molar-refractivity contribution in [2.75, 3.05) is 5.75 Å². The lowest BCUT2D eigenvalue weighted by atomic mass is 10.0. The fourth-order valence-electron chi connectivity index (χ4n) is 1.90. The summed E-state index contributed by atoms with van der Waals surface area (Å²) < 4.78 is 12.2. The largest absolute Gasteiger partial charge is 0.259 e. The van der Waals surface area contributed by atoms with Crippen LogP contribution in [0.1, 0.15) is 17.0 Å². The van der Waals surface area contributed by atoms with Crippen molar-refractivity contribution in [1.29, 1.82) is 5.26 Å². The van der Waals surface area contributed by atoms with E-state index in [0.717, 1.165) is 11.1 Å². The maximum atomic E-state index is 12.2. The summed E-state index contributed by atoms with van der Waals surface area (Å²) in [5, 5.41) is 9.89. The van der Waals surface area contributed by atoms with Crippen molar-refractivity contribution in [1.82, 2.24) is 0 Å². The van der Waals surface area contributed by atoms with Crippen molar-refractivity contribution in [3.05, 3.63) is 70.7 Å². The number of nitrogens with zero attached hydrogens (tertiary/aromatic N) is 1. The Morgan fingerprint density at radius 2 is 1.75 bits per heavy atom. The average molecular weight is 304 g/mol. The van der Waals surface area contributed by atoms with Crippen LogP contribution in [0.3, 0.4) is 0 Å². The van der Waals surface area contributed by atoms with Gasteiger partial charge in [-0.3, -0.25) is 4.21 Å². The Labute approximate surface area is 126 Å². The van der Waals surface area contributed by atoms with E-state index in [1.807, 2.05) is 42.5 Å². The maximum Gasteiger partial charge on any atom is 0.0827 e. The first-order chi connectivity index (χ1) is 9.69. The third-order valence-electron chi connectivity index (χ3n) is 2.95. The summed E-state index contributed by atoms with van der Waals surface area (Å²) in [4.78, 5) is 0. The second-order valence-corrected chi connectivity index (χ2v) is 6.41. The van der Waals surface area contributed by atoms with Gasteiger partial charge in [0.2, 0.25) is 0 Å². The summed E-state index contributed by atoms with van der Waals surface area (Å²) in [5.41, 5.74) is 1.89. The zero-order valence-electron chi connectivity index (χ0n) is 10.8. The molecule has 0 N–H and O–H groups in total. The van der Waals surface area contributed by atoms with E-state index in [9.17, 15) is 9.47 Å². The average Bonchev–Trinajstić information content (AvgIpc) is 2.48. The monoisotopic (exact) mass is 303 g/mol. The van der Waals surface area contributed by atoms with Crippen LogP contribution in [0.4, 0.5) is 0 Å². The summed E-state index contributed by atoms with van der Waals surface area (Å²) in [5.74, 6) is 0.468. The fourth-order valence-corrected chi connectivity index (χ4v) is 3.35. The first-order valence-electron chi connectivity index (χ1n) is 6.23. The molecule has 0 aromatic heterocycles. The number of rotatable bonds is 5. The van der Waals surface area contributed by atoms with Crippen LogP contribution < -0.4 is 0 Å². The summed E-state index contributed by atoms with van der Waals surface area (Å²) in [6, 6.07) is 19.0. The van der Waals surface area contributed by atoms with Crippen molar-refractivity contribution in [3.63, 3.8) is 0 Å². The molecule has 0 aliphatic carbocycles. The lowest BCUT2D eigenvalue weighted by Crippen LogP contribution is -2.09. The molecule has 4 heteroatoms. The van der Waals surface area contributed by atoms with E-state index >= 15 is 0 Å². The zero-order chi connectivity index (χ0) is 14.4. The van der Waals surface area contributed by atoms with E-state index in [4.69, 9.17) is 11.6 Å². The van der Waals surface area contributed by atoms with Gasteiger partial charge in [-0.05, 0) is 23.3 Å². The molecule has 0 saturated heterocycles. The Morgan fingerprint density at radius 3 is 2.35 bits per heavy atom. The van der Waals surface area contributed by atoms with E-state index in [0.29, 0.717) is 16.5 Å². The van der Waals surface area contributed by atoms with Gasteiger partial charge < -0.3 is 0 Å². The number of hydrogen-bond acceptors (Lipinski definition) is 2. The van der Waals surface area contributed by atoms with Gasteiger partial charge in [-0.25, -0.2) is 0 Å². The third-order valence-corrected chi connectivity index (χ3v) is 4.56. The molecule has 0 amide bonds. The molecule has 20 heavy (non-hydrogen) atoms. The van der Waals surface area contributed by atoms with Gasteiger partial charge in [0.15, 0.2) is 0 Å². The fraction of sp³-hybridized carbons (Fsp3) is 0.188. The minimum Gasteiger partial charge on any atom is -0.259 e. The summed E-state index contributed by atoms with van der Waals surface area (Å²) in [6.45, 7) is 0. The molecule has 0 spiro atoms.